The zero-order valence-corrected chi connectivity index (χ0v) is 15.1. The highest BCUT2D eigenvalue weighted by Crippen LogP contribution is 2.22. The van der Waals surface area contributed by atoms with Crippen molar-refractivity contribution in [2.45, 2.75) is 6.61 Å². The minimum Gasteiger partial charge on any atom is -0.594 e. The Labute approximate surface area is 164 Å². The molecule has 0 atom stereocenters. The highest BCUT2D eigenvalue weighted by molar-refractivity contribution is 6.11. The molecule has 8 heteroatoms. The largest absolute Gasteiger partial charge is 0.594 e. The molecule has 3 aromatic heterocycles. The van der Waals surface area contributed by atoms with Crippen LogP contribution in [0.5, 0.6) is 5.75 Å². The van der Waals surface area contributed by atoms with Crippen LogP contribution in [0.1, 0.15) is 21.7 Å². The van der Waals surface area contributed by atoms with Gasteiger partial charge in [0, 0.05) is 17.2 Å². The summed E-state index contributed by atoms with van der Waals surface area (Å²) in [4.78, 5) is 13.1. The van der Waals surface area contributed by atoms with Gasteiger partial charge in [-0.2, -0.15) is 5.10 Å². The Kier molecular flexibility index (Phi) is 3.94. The lowest BCUT2D eigenvalue weighted by Crippen LogP contribution is -2.33. The maximum absolute atomic E-state index is 12.6. The van der Waals surface area contributed by atoms with Crippen molar-refractivity contribution in [1.82, 2.24) is 14.7 Å². The zero-order valence-electron chi connectivity index (χ0n) is 15.1. The van der Waals surface area contributed by atoms with Gasteiger partial charge in [-0.05, 0) is 28.6 Å². The molecule has 0 aliphatic rings. The van der Waals surface area contributed by atoms with Crippen LogP contribution in [-0.4, -0.2) is 20.5 Å². The third-order valence-corrected chi connectivity index (χ3v) is 4.55. The van der Waals surface area contributed by atoms with E-state index in [1.165, 1.54) is 17.0 Å². The summed E-state index contributed by atoms with van der Waals surface area (Å²) in [6, 6.07) is 17.9. The van der Waals surface area contributed by atoms with Gasteiger partial charge in [0.15, 0.2) is 5.76 Å². The second kappa shape index (κ2) is 6.75. The monoisotopic (exact) mass is 386 g/mol. The van der Waals surface area contributed by atoms with E-state index in [1.807, 2.05) is 30.3 Å². The van der Waals surface area contributed by atoms with E-state index in [0.29, 0.717) is 28.2 Å². The van der Waals surface area contributed by atoms with Crippen molar-refractivity contribution in [1.29, 1.82) is 0 Å². The smallest absolute Gasteiger partial charge is 0.270 e. The second-order valence-electron chi connectivity index (χ2n) is 6.40. The van der Waals surface area contributed by atoms with Gasteiger partial charge in [-0.3, -0.25) is 4.79 Å². The average molecular weight is 386 g/mol. The summed E-state index contributed by atoms with van der Waals surface area (Å²) in [6.07, 6.45) is 2.79. The van der Waals surface area contributed by atoms with E-state index in [1.54, 1.807) is 30.3 Å². The standard InChI is InChI=1S/C21H14N4O4/c26-20(19-7-4-10-28-19)16-12-22-24-18-11-15(29-13-14-5-2-1-3-6-14)8-9-17(18)25(27)23-21(16)24/h1-12H,13H2. The number of hydrogen-bond donors (Lipinski definition) is 0. The first kappa shape index (κ1) is 16.9. The van der Waals surface area contributed by atoms with E-state index in [4.69, 9.17) is 9.15 Å². The molecule has 0 amide bonds. The maximum atomic E-state index is 12.6. The highest BCUT2D eigenvalue weighted by Gasteiger charge is 2.23. The molecule has 0 fully saturated rings. The van der Waals surface area contributed by atoms with Crippen molar-refractivity contribution in [3.63, 3.8) is 0 Å². The first-order valence-corrected chi connectivity index (χ1v) is 8.87. The molecule has 142 valence electrons. The van der Waals surface area contributed by atoms with E-state index in [-0.39, 0.29) is 17.0 Å². The van der Waals surface area contributed by atoms with Crippen LogP contribution in [-0.2, 0) is 6.61 Å². The Bertz CT molecular complexity index is 1330. The topological polar surface area (TPSA) is 96.6 Å². The molecule has 8 nitrogen and oxygen atoms in total. The fourth-order valence-electron chi connectivity index (χ4n) is 3.12. The van der Waals surface area contributed by atoms with Gasteiger partial charge in [-0.15, -0.1) is 0 Å². The van der Waals surface area contributed by atoms with E-state index in [9.17, 15) is 10.0 Å². The number of fused-ring (bicyclic) bond motifs is 3. The molecule has 0 aliphatic carbocycles. The van der Waals surface area contributed by atoms with Crippen LogP contribution in [0.25, 0.3) is 16.7 Å². The normalized spacial score (nSPS) is 11.2. The molecule has 0 aliphatic heterocycles. The molecule has 2 aromatic carbocycles. The minimum absolute atomic E-state index is 0.147. The molecule has 0 bridgehead atoms. The fraction of sp³-hybridized carbons (Fsp3) is 0.0476. The van der Waals surface area contributed by atoms with Crippen molar-refractivity contribution in [3.8, 4) is 5.75 Å². The van der Waals surface area contributed by atoms with Crippen LogP contribution < -0.4 is 9.58 Å². The predicted molar refractivity (Wildman–Crippen MR) is 102 cm³/mol. The number of rotatable bonds is 5. The molecule has 0 saturated carbocycles. The molecule has 0 spiro atoms. The van der Waals surface area contributed by atoms with Crippen molar-refractivity contribution in [3.05, 3.63) is 95.2 Å². The van der Waals surface area contributed by atoms with Crippen LogP contribution in [0.15, 0.2) is 77.5 Å². The number of nitrogens with zero attached hydrogens (tertiary/aromatic N) is 4. The summed E-state index contributed by atoms with van der Waals surface area (Å²) in [5, 5.41) is 20.7. The molecule has 0 radical (unpaired) electrons. The lowest BCUT2D eigenvalue weighted by Gasteiger charge is -2.08. The van der Waals surface area contributed by atoms with E-state index in [0.717, 1.165) is 5.56 Å². The summed E-state index contributed by atoms with van der Waals surface area (Å²) in [7, 11) is 0. The Morgan fingerprint density at radius 1 is 1.14 bits per heavy atom. The number of ketones is 1. The van der Waals surface area contributed by atoms with Crippen LogP contribution in [0.4, 0.5) is 0 Å². The van der Waals surface area contributed by atoms with Crippen LogP contribution in [0.3, 0.4) is 0 Å². The second-order valence-corrected chi connectivity index (χ2v) is 6.40. The summed E-state index contributed by atoms with van der Waals surface area (Å²) in [6.45, 7) is 0.388. The Balaban J connectivity index is 1.57. The molecule has 0 N–H and O–H groups in total. The van der Waals surface area contributed by atoms with Crippen LogP contribution >= 0.6 is 0 Å². The van der Waals surface area contributed by atoms with Gasteiger partial charge in [-0.1, -0.05) is 30.3 Å². The predicted octanol–water partition coefficient (Wildman–Crippen LogP) is 2.92. The molecular formula is C21H14N4O4. The summed E-state index contributed by atoms with van der Waals surface area (Å²) < 4.78 is 12.5. The molecule has 3 heterocycles. The van der Waals surface area contributed by atoms with E-state index < -0.39 is 5.78 Å². The van der Waals surface area contributed by atoms with E-state index >= 15 is 0 Å². The maximum Gasteiger partial charge on any atom is 0.270 e. The molecule has 5 rings (SSSR count). The first-order valence-electron chi connectivity index (χ1n) is 8.87. The molecule has 0 saturated heterocycles. The first-order chi connectivity index (χ1) is 14.2. The zero-order chi connectivity index (χ0) is 19.8. The van der Waals surface area contributed by atoms with Crippen molar-refractivity contribution >= 4 is 22.5 Å². The van der Waals surface area contributed by atoms with E-state index in [2.05, 4.69) is 10.2 Å². The number of carbonyl (C=O) groups is 1. The number of benzene rings is 2. The number of ether oxygens (including phenoxy) is 1. The van der Waals surface area contributed by atoms with Gasteiger partial charge >= 0.3 is 0 Å². The number of hydrogen-bond acceptors (Lipinski definition) is 6. The van der Waals surface area contributed by atoms with Gasteiger partial charge in [0.2, 0.25) is 11.4 Å². The lowest BCUT2D eigenvalue weighted by molar-refractivity contribution is -0.640. The average Bonchev–Trinajstić information content (AvgIpc) is 3.43. The lowest BCUT2D eigenvalue weighted by atomic mass is 10.2. The van der Waals surface area contributed by atoms with Gasteiger partial charge < -0.3 is 14.4 Å². The molecular weight excluding hydrogens is 372 g/mol. The van der Waals surface area contributed by atoms with Crippen LogP contribution in [0.2, 0.25) is 0 Å². The quantitative estimate of drug-likeness (QED) is 0.262. The summed E-state index contributed by atoms with van der Waals surface area (Å²) in [5.74, 6) is 0.329. The van der Waals surface area contributed by atoms with Gasteiger partial charge in [0.25, 0.3) is 5.52 Å². The third kappa shape index (κ3) is 2.96. The van der Waals surface area contributed by atoms with Crippen molar-refractivity contribution in [2.24, 2.45) is 0 Å². The Hall–Kier alpha value is -4.20. The van der Waals surface area contributed by atoms with Gasteiger partial charge in [0.1, 0.15) is 17.9 Å². The molecule has 0 unspecified atom stereocenters. The molecule has 5 aromatic rings. The van der Waals surface area contributed by atoms with Gasteiger partial charge in [0.05, 0.1) is 18.0 Å². The van der Waals surface area contributed by atoms with Crippen molar-refractivity contribution in [2.75, 3.05) is 0 Å². The number of aromatic nitrogens is 4. The van der Waals surface area contributed by atoms with Crippen LogP contribution in [0, 0.1) is 5.21 Å². The Morgan fingerprint density at radius 2 is 2.00 bits per heavy atom. The summed E-state index contributed by atoms with van der Waals surface area (Å²) >= 11 is 0. The summed E-state index contributed by atoms with van der Waals surface area (Å²) in [5.41, 5.74) is 2.15. The van der Waals surface area contributed by atoms with Crippen molar-refractivity contribution < 1.29 is 18.8 Å². The Morgan fingerprint density at radius 3 is 2.79 bits per heavy atom. The molecule has 29 heavy (non-hydrogen) atoms. The number of furan rings is 1. The van der Waals surface area contributed by atoms with Gasteiger partial charge in [-0.25, -0.2) is 4.52 Å². The fourth-order valence-corrected chi connectivity index (χ4v) is 3.12. The third-order valence-electron chi connectivity index (χ3n) is 4.55. The number of carbonyl (C=O) groups excluding carboxylic acids is 1. The SMILES string of the molecule is O=C(c1ccco1)c1cnn2c1n[n+]([O-])c1ccc(OCc3ccccc3)cc12. The highest BCUT2D eigenvalue weighted by atomic mass is 16.5. The minimum atomic E-state index is -0.395.